The van der Waals surface area contributed by atoms with Gasteiger partial charge in [0.2, 0.25) is 5.78 Å². The lowest BCUT2D eigenvalue weighted by molar-refractivity contribution is 0.0702. The van der Waals surface area contributed by atoms with Crippen molar-refractivity contribution in [2.45, 2.75) is 13.3 Å². The van der Waals surface area contributed by atoms with Gasteiger partial charge >= 0.3 is 5.97 Å². The van der Waals surface area contributed by atoms with Crippen molar-refractivity contribution in [3.05, 3.63) is 87.3 Å². The van der Waals surface area contributed by atoms with E-state index in [4.69, 9.17) is 0 Å². The first-order valence-electron chi connectivity index (χ1n) is 9.97. The van der Waals surface area contributed by atoms with Gasteiger partial charge < -0.3 is 20.3 Å². The van der Waals surface area contributed by atoms with Gasteiger partial charge in [0.15, 0.2) is 0 Å². The Labute approximate surface area is 188 Å². The van der Waals surface area contributed by atoms with Gasteiger partial charge in [0.05, 0.1) is 6.61 Å². The summed E-state index contributed by atoms with van der Waals surface area (Å²) < 4.78 is 0. The van der Waals surface area contributed by atoms with Gasteiger partial charge in [0.25, 0.3) is 0 Å². The lowest BCUT2D eigenvalue weighted by Crippen LogP contribution is -1.98. The molecular weight excluding hydrogens is 426 g/mol. The van der Waals surface area contributed by atoms with E-state index in [9.17, 15) is 24.9 Å². The Morgan fingerprint density at radius 2 is 1.81 bits per heavy atom. The number of aromatic carboxylic acids is 1. The maximum absolute atomic E-state index is 13.4. The topological polar surface area (TPSA) is 111 Å². The third-order valence-corrected chi connectivity index (χ3v) is 6.48. The lowest BCUT2D eigenvalue weighted by Gasteiger charge is -2.03. The number of aromatic amines is 1. The zero-order chi connectivity index (χ0) is 22.8. The molecule has 0 aliphatic heterocycles. The number of carbonyl (C=O) groups is 2. The van der Waals surface area contributed by atoms with Crippen LogP contribution in [-0.2, 0) is 6.42 Å². The van der Waals surface area contributed by atoms with Crippen LogP contribution in [0.15, 0.2) is 66.4 Å². The van der Waals surface area contributed by atoms with E-state index in [2.05, 4.69) is 4.98 Å². The molecule has 0 saturated carbocycles. The molecule has 0 radical (unpaired) electrons. The van der Waals surface area contributed by atoms with Crippen LogP contribution in [0.25, 0.3) is 22.0 Å². The second-order valence-corrected chi connectivity index (χ2v) is 8.46. The van der Waals surface area contributed by atoms with Crippen LogP contribution in [0.4, 0.5) is 0 Å². The van der Waals surface area contributed by atoms with E-state index in [1.165, 1.54) is 0 Å². The predicted molar refractivity (Wildman–Crippen MR) is 125 cm³/mol. The quantitative estimate of drug-likeness (QED) is 0.235. The van der Waals surface area contributed by atoms with Gasteiger partial charge in [-0.05, 0) is 24.5 Å². The molecule has 4 N–H and O–H groups in total. The van der Waals surface area contributed by atoms with Crippen LogP contribution in [-0.4, -0.2) is 38.7 Å². The minimum absolute atomic E-state index is 0.0106. The van der Waals surface area contributed by atoms with E-state index in [1.807, 2.05) is 31.2 Å². The summed E-state index contributed by atoms with van der Waals surface area (Å²) in [6.45, 7) is 1.82. The van der Waals surface area contributed by atoms with Gasteiger partial charge in [-0.15, -0.1) is 11.3 Å². The van der Waals surface area contributed by atoms with Gasteiger partial charge in [0.1, 0.15) is 15.5 Å². The molecule has 6 nitrogen and oxygen atoms in total. The van der Waals surface area contributed by atoms with E-state index in [1.54, 1.807) is 36.5 Å². The molecule has 0 aliphatic carbocycles. The summed E-state index contributed by atoms with van der Waals surface area (Å²) in [4.78, 5) is 28.3. The highest BCUT2D eigenvalue weighted by atomic mass is 32.1. The fraction of sp³-hybridized carbons (Fsp3) is 0.120. The molecule has 0 aliphatic rings. The highest BCUT2D eigenvalue weighted by Gasteiger charge is 2.28. The Balaban J connectivity index is 1.80. The lowest BCUT2D eigenvalue weighted by atomic mass is 10.0. The first kappa shape index (κ1) is 21.5. The van der Waals surface area contributed by atoms with Crippen LogP contribution >= 0.6 is 11.3 Å². The van der Waals surface area contributed by atoms with Crippen molar-refractivity contribution in [1.29, 1.82) is 0 Å². The Bertz CT molecular complexity index is 1350. The van der Waals surface area contributed by atoms with Crippen molar-refractivity contribution in [3.63, 3.8) is 0 Å². The summed E-state index contributed by atoms with van der Waals surface area (Å²) in [5, 5.41) is 30.4. The van der Waals surface area contributed by atoms with Crippen molar-refractivity contribution in [1.82, 2.24) is 4.98 Å². The Morgan fingerprint density at radius 1 is 1.06 bits per heavy atom. The average Bonchev–Trinajstić information content (AvgIpc) is 3.39. The summed E-state index contributed by atoms with van der Waals surface area (Å²) in [6.07, 6.45) is 4.10. The standard InChI is InChI=1S/C25H21NO5S/c1-14(13-27)10-11-16-8-5-9-17-18(12-26-20(16)17)21(28)24-22(29)19(23(32-24)25(30)31)15-6-3-2-4-7-15/h2-10,12,26-27,29H,11,13H2,1H3,(H,30,31)/b14-10-. The van der Waals surface area contributed by atoms with E-state index in [-0.39, 0.29) is 27.7 Å². The summed E-state index contributed by atoms with van der Waals surface area (Å²) in [5.74, 6) is -1.96. The number of thiophene rings is 1. The third kappa shape index (κ3) is 3.84. The molecule has 2 heterocycles. The fourth-order valence-corrected chi connectivity index (χ4v) is 4.66. The summed E-state index contributed by atoms with van der Waals surface area (Å²) in [7, 11) is 0. The maximum atomic E-state index is 13.4. The van der Waals surface area contributed by atoms with Crippen molar-refractivity contribution < 1.29 is 24.9 Å². The number of fused-ring (bicyclic) bond motifs is 1. The number of allylic oxidation sites excluding steroid dienone is 1. The van der Waals surface area contributed by atoms with Crippen LogP contribution in [0.5, 0.6) is 5.75 Å². The highest BCUT2D eigenvalue weighted by Crippen LogP contribution is 2.43. The van der Waals surface area contributed by atoms with Crippen molar-refractivity contribution in [3.8, 4) is 16.9 Å². The first-order valence-corrected chi connectivity index (χ1v) is 10.8. The number of carboxylic acid groups (broad SMARTS) is 1. The van der Waals surface area contributed by atoms with Crippen LogP contribution < -0.4 is 0 Å². The molecule has 2 aromatic carbocycles. The molecule has 0 spiro atoms. The molecular formula is C25H21NO5S. The molecule has 4 rings (SSSR count). The number of para-hydroxylation sites is 1. The first-order chi connectivity index (χ1) is 15.4. The zero-order valence-electron chi connectivity index (χ0n) is 17.3. The number of aliphatic hydroxyl groups excluding tert-OH is 1. The number of carboxylic acids is 1. The van der Waals surface area contributed by atoms with Gasteiger partial charge in [-0.1, -0.05) is 60.2 Å². The zero-order valence-corrected chi connectivity index (χ0v) is 18.1. The third-order valence-electron chi connectivity index (χ3n) is 5.31. The van der Waals surface area contributed by atoms with Crippen molar-refractivity contribution >= 4 is 34.0 Å². The number of hydrogen-bond donors (Lipinski definition) is 4. The molecule has 0 atom stereocenters. The van der Waals surface area contributed by atoms with Gasteiger partial charge in [0, 0.05) is 28.2 Å². The smallest absolute Gasteiger partial charge is 0.346 e. The Morgan fingerprint density at radius 3 is 2.50 bits per heavy atom. The number of aliphatic hydroxyl groups is 1. The number of rotatable bonds is 7. The van der Waals surface area contributed by atoms with Crippen LogP contribution in [0, 0.1) is 0 Å². The van der Waals surface area contributed by atoms with Crippen molar-refractivity contribution in [2.75, 3.05) is 6.61 Å². The highest BCUT2D eigenvalue weighted by molar-refractivity contribution is 7.17. The van der Waals surface area contributed by atoms with Gasteiger partial charge in [-0.25, -0.2) is 4.79 Å². The number of aromatic hydroxyl groups is 1. The number of H-pyrrole nitrogens is 1. The summed E-state index contributed by atoms with van der Waals surface area (Å²) in [5.41, 5.74) is 3.64. The summed E-state index contributed by atoms with van der Waals surface area (Å²) >= 11 is 0.775. The second-order valence-electron chi connectivity index (χ2n) is 7.44. The molecule has 4 aromatic rings. The average molecular weight is 448 g/mol. The molecule has 7 heteroatoms. The van der Waals surface area contributed by atoms with E-state index in [0.717, 1.165) is 28.0 Å². The van der Waals surface area contributed by atoms with Crippen molar-refractivity contribution in [2.24, 2.45) is 0 Å². The molecule has 0 amide bonds. The predicted octanol–water partition coefficient (Wildman–Crippen LogP) is 5.01. The number of hydrogen-bond acceptors (Lipinski definition) is 5. The Hall–Kier alpha value is -3.68. The van der Waals surface area contributed by atoms with E-state index in [0.29, 0.717) is 22.9 Å². The van der Waals surface area contributed by atoms with Gasteiger partial charge in [-0.3, -0.25) is 4.79 Å². The number of benzene rings is 2. The summed E-state index contributed by atoms with van der Waals surface area (Å²) in [6, 6.07) is 14.3. The van der Waals surface area contributed by atoms with E-state index >= 15 is 0 Å². The normalized spacial score (nSPS) is 11.8. The maximum Gasteiger partial charge on any atom is 0.346 e. The molecule has 32 heavy (non-hydrogen) atoms. The van der Waals surface area contributed by atoms with E-state index < -0.39 is 11.8 Å². The second kappa shape index (κ2) is 8.82. The number of ketones is 1. The molecule has 0 unspecified atom stereocenters. The van der Waals surface area contributed by atoms with Crippen LogP contribution in [0.1, 0.15) is 37.4 Å². The number of nitrogens with one attached hydrogen (secondary N) is 1. The van der Waals surface area contributed by atoms with Gasteiger partial charge in [-0.2, -0.15) is 0 Å². The molecule has 2 aromatic heterocycles. The van der Waals surface area contributed by atoms with Crippen LogP contribution in [0.3, 0.4) is 0 Å². The minimum atomic E-state index is -1.20. The largest absolute Gasteiger partial charge is 0.506 e. The van der Waals surface area contributed by atoms with Crippen LogP contribution in [0.2, 0.25) is 0 Å². The fourth-order valence-electron chi connectivity index (χ4n) is 3.65. The molecule has 0 saturated heterocycles. The monoisotopic (exact) mass is 447 g/mol. The molecule has 0 bridgehead atoms. The molecule has 0 fully saturated rings. The minimum Gasteiger partial charge on any atom is -0.506 e. The number of carbonyl (C=O) groups excluding carboxylic acids is 1. The number of aromatic nitrogens is 1. The molecule has 162 valence electrons. The Kier molecular flexibility index (Phi) is 5.94. The SMILES string of the molecule is C/C(=C/Cc1cccc2c(C(=O)c3sc(C(=O)O)c(-c4ccccc4)c3O)c[nH]c12)CO.